The zero-order valence-electron chi connectivity index (χ0n) is 16.8. The molecule has 0 radical (unpaired) electrons. The van der Waals surface area contributed by atoms with E-state index in [-0.39, 0.29) is 0 Å². The molecule has 0 amide bonds. The normalized spacial score (nSPS) is 14.8. The second-order valence-corrected chi connectivity index (χ2v) is 7.45. The third kappa shape index (κ3) is 4.63. The molecule has 1 aliphatic heterocycles. The molecule has 0 unspecified atom stereocenters. The van der Waals surface area contributed by atoms with E-state index in [4.69, 9.17) is 9.72 Å². The van der Waals surface area contributed by atoms with Gasteiger partial charge in [0.2, 0.25) is 0 Å². The number of nitriles is 1. The first-order valence-corrected chi connectivity index (χ1v) is 10.1. The summed E-state index contributed by atoms with van der Waals surface area (Å²) < 4.78 is 5.49. The van der Waals surface area contributed by atoms with Gasteiger partial charge in [-0.1, -0.05) is 30.3 Å². The Bertz CT molecular complexity index is 1020. The summed E-state index contributed by atoms with van der Waals surface area (Å²) in [4.78, 5) is 7.31. The van der Waals surface area contributed by atoms with Crippen LogP contribution in [-0.2, 0) is 17.7 Å². The van der Waals surface area contributed by atoms with Gasteiger partial charge < -0.3 is 10.1 Å². The van der Waals surface area contributed by atoms with Crippen molar-refractivity contribution in [2.24, 2.45) is 0 Å². The summed E-state index contributed by atoms with van der Waals surface area (Å²) in [5.74, 6) is 0. The van der Waals surface area contributed by atoms with E-state index in [0.717, 1.165) is 68.0 Å². The third-order valence-electron chi connectivity index (χ3n) is 5.44. The van der Waals surface area contributed by atoms with Crippen LogP contribution in [0.2, 0.25) is 0 Å². The Morgan fingerprint density at radius 2 is 1.90 bits per heavy atom. The number of nitrogens with one attached hydrogen (secondary N) is 1. The van der Waals surface area contributed by atoms with E-state index in [1.54, 1.807) is 0 Å². The van der Waals surface area contributed by atoms with Crippen molar-refractivity contribution >= 4 is 10.9 Å². The van der Waals surface area contributed by atoms with Gasteiger partial charge in [-0.15, -0.1) is 0 Å². The fourth-order valence-corrected chi connectivity index (χ4v) is 3.76. The maximum atomic E-state index is 9.31. The van der Waals surface area contributed by atoms with Gasteiger partial charge in [-0.25, -0.2) is 4.98 Å². The van der Waals surface area contributed by atoms with Crippen LogP contribution in [0.3, 0.4) is 0 Å². The minimum atomic E-state index is 0.641. The molecule has 1 saturated heterocycles. The zero-order chi connectivity index (χ0) is 20.1. The lowest BCUT2D eigenvalue weighted by Crippen LogP contribution is -2.35. The van der Waals surface area contributed by atoms with Gasteiger partial charge in [0.1, 0.15) is 0 Å². The van der Waals surface area contributed by atoms with Crippen LogP contribution in [-0.4, -0.2) is 49.8 Å². The lowest BCUT2D eigenvalue weighted by atomic mass is 10.0. The van der Waals surface area contributed by atoms with Crippen LogP contribution < -0.4 is 5.32 Å². The number of aromatic nitrogens is 1. The van der Waals surface area contributed by atoms with E-state index >= 15 is 0 Å². The van der Waals surface area contributed by atoms with E-state index in [1.165, 1.54) is 11.1 Å². The molecule has 0 aliphatic carbocycles. The summed E-state index contributed by atoms with van der Waals surface area (Å²) in [5.41, 5.74) is 6.13. The van der Waals surface area contributed by atoms with Crippen molar-refractivity contribution in [3.05, 3.63) is 65.2 Å². The maximum absolute atomic E-state index is 9.31. The number of likely N-dealkylation sites (N-methyl/N-ethyl adjacent to an activating group) is 1. The molecule has 1 aliphatic rings. The Labute approximate surface area is 171 Å². The van der Waals surface area contributed by atoms with Crippen LogP contribution in [0, 0.1) is 11.3 Å². The Hall–Kier alpha value is -2.78. The van der Waals surface area contributed by atoms with Crippen LogP contribution in [0.1, 0.15) is 16.7 Å². The highest BCUT2D eigenvalue weighted by Gasteiger charge is 2.15. The van der Waals surface area contributed by atoms with Gasteiger partial charge in [0.25, 0.3) is 0 Å². The summed E-state index contributed by atoms with van der Waals surface area (Å²) in [6.45, 7) is 5.27. The minimum absolute atomic E-state index is 0.641. The highest BCUT2D eigenvalue weighted by atomic mass is 16.5. The SMILES string of the molecule is CNCCc1ccc(-c2cc(CN3CCOCC3)c3ccc(C#N)cc3n2)cc1. The van der Waals surface area contributed by atoms with Gasteiger partial charge >= 0.3 is 0 Å². The average Bonchev–Trinajstić information content (AvgIpc) is 2.78. The molecule has 5 nitrogen and oxygen atoms in total. The molecule has 0 spiro atoms. The zero-order valence-corrected chi connectivity index (χ0v) is 16.8. The molecular formula is C24H26N4O. The van der Waals surface area contributed by atoms with Crippen LogP contribution in [0.5, 0.6) is 0 Å². The van der Waals surface area contributed by atoms with Gasteiger partial charge in [0.05, 0.1) is 36.1 Å². The molecule has 4 rings (SSSR count). The smallest absolute Gasteiger partial charge is 0.0992 e. The van der Waals surface area contributed by atoms with E-state index < -0.39 is 0 Å². The van der Waals surface area contributed by atoms with E-state index in [0.29, 0.717) is 5.56 Å². The van der Waals surface area contributed by atoms with Crippen molar-refractivity contribution in [2.45, 2.75) is 13.0 Å². The van der Waals surface area contributed by atoms with Gasteiger partial charge in [-0.3, -0.25) is 4.90 Å². The van der Waals surface area contributed by atoms with E-state index in [9.17, 15) is 5.26 Å². The van der Waals surface area contributed by atoms with Crippen molar-refractivity contribution in [1.82, 2.24) is 15.2 Å². The van der Waals surface area contributed by atoms with Crippen molar-refractivity contribution in [2.75, 3.05) is 39.9 Å². The molecule has 3 aromatic rings. The summed E-state index contributed by atoms with van der Waals surface area (Å²) in [6.07, 6.45) is 1.01. The Balaban J connectivity index is 1.72. The summed E-state index contributed by atoms with van der Waals surface area (Å²) >= 11 is 0. The van der Waals surface area contributed by atoms with Crippen molar-refractivity contribution < 1.29 is 4.74 Å². The molecule has 0 bridgehead atoms. The second-order valence-electron chi connectivity index (χ2n) is 7.45. The van der Waals surface area contributed by atoms with Gasteiger partial charge in [-0.05, 0) is 49.3 Å². The Kier molecular flexibility index (Phi) is 6.16. The number of benzene rings is 2. The number of ether oxygens (including phenoxy) is 1. The van der Waals surface area contributed by atoms with Crippen molar-refractivity contribution in [1.29, 1.82) is 5.26 Å². The van der Waals surface area contributed by atoms with E-state index in [2.05, 4.69) is 46.6 Å². The number of morpholine rings is 1. The molecule has 5 heteroatoms. The monoisotopic (exact) mass is 386 g/mol. The second kappa shape index (κ2) is 9.15. The first-order valence-electron chi connectivity index (χ1n) is 10.1. The molecule has 148 valence electrons. The molecule has 0 atom stereocenters. The number of nitrogens with zero attached hydrogens (tertiary/aromatic N) is 3. The summed E-state index contributed by atoms with van der Waals surface area (Å²) in [5, 5.41) is 13.6. The lowest BCUT2D eigenvalue weighted by Gasteiger charge is -2.27. The topological polar surface area (TPSA) is 61.2 Å². The first-order chi connectivity index (χ1) is 14.3. The predicted molar refractivity (Wildman–Crippen MR) is 116 cm³/mol. The largest absolute Gasteiger partial charge is 0.379 e. The van der Waals surface area contributed by atoms with Gasteiger partial charge in [-0.2, -0.15) is 5.26 Å². The number of fused-ring (bicyclic) bond motifs is 1. The number of hydrogen-bond acceptors (Lipinski definition) is 5. The number of pyridine rings is 1. The molecule has 29 heavy (non-hydrogen) atoms. The van der Waals surface area contributed by atoms with Gasteiger partial charge in [0, 0.05) is 30.6 Å². The highest BCUT2D eigenvalue weighted by Crippen LogP contribution is 2.27. The van der Waals surface area contributed by atoms with Crippen LogP contribution in [0.25, 0.3) is 22.2 Å². The number of rotatable bonds is 6. The lowest BCUT2D eigenvalue weighted by molar-refractivity contribution is 0.0344. The molecule has 2 aromatic carbocycles. The fraction of sp³-hybridized carbons (Fsp3) is 0.333. The molecule has 1 N–H and O–H groups in total. The van der Waals surface area contributed by atoms with Crippen molar-refractivity contribution in [3.63, 3.8) is 0 Å². The molecule has 0 saturated carbocycles. The van der Waals surface area contributed by atoms with Crippen LogP contribution in [0.15, 0.2) is 48.5 Å². The first kappa shape index (κ1) is 19.5. The van der Waals surface area contributed by atoms with Crippen LogP contribution in [0.4, 0.5) is 0 Å². The average molecular weight is 386 g/mol. The standard InChI is InChI=1S/C24H26N4O/c1-26-9-8-18-2-5-20(6-3-18)23-15-21(17-28-10-12-29-13-11-28)22-7-4-19(16-25)14-24(22)27-23/h2-7,14-15,26H,8-13,17H2,1H3. The number of hydrogen-bond donors (Lipinski definition) is 1. The van der Waals surface area contributed by atoms with Crippen molar-refractivity contribution in [3.8, 4) is 17.3 Å². The Morgan fingerprint density at radius 1 is 1.10 bits per heavy atom. The van der Waals surface area contributed by atoms with Crippen LogP contribution >= 0.6 is 0 Å². The third-order valence-corrected chi connectivity index (χ3v) is 5.44. The Morgan fingerprint density at radius 3 is 2.62 bits per heavy atom. The quantitative estimate of drug-likeness (QED) is 0.704. The predicted octanol–water partition coefficient (Wildman–Crippen LogP) is 3.37. The van der Waals surface area contributed by atoms with E-state index in [1.807, 2.05) is 25.2 Å². The molecular weight excluding hydrogens is 360 g/mol. The highest BCUT2D eigenvalue weighted by molar-refractivity contribution is 5.86. The molecule has 1 aromatic heterocycles. The summed E-state index contributed by atoms with van der Waals surface area (Å²) in [6, 6.07) is 18.9. The minimum Gasteiger partial charge on any atom is -0.379 e. The maximum Gasteiger partial charge on any atom is 0.0992 e. The summed E-state index contributed by atoms with van der Waals surface area (Å²) in [7, 11) is 1.97. The van der Waals surface area contributed by atoms with Gasteiger partial charge in [0.15, 0.2) is 0 Å². The molecule has 1 fully saturated rings. The fourth-order valence-electron chi connectivity index (χ4n) is 3.76. The molecule has 2 heterocycles.